The second kappa shape index (κ2) is 7.59. The molecule has 0 atom stereocenters. The average Bonchev–Trinajstić information content (AvgIpc) is 2.45. The lowest BCUT2D eigenvalue weighted by Gasteiger charge is -2.33. The van der Waals surface area contributed by atoms with Crippen LogP contribution in [0.2, 0.25) is 0 Å². The van der Waals surface area contributed by atoms with Crippen LogP contribution in [0.5, 0.6) is 5.88 Å². The Morgan fingerprint density at radius 2 is 2.05 bits per heavy atom. The van der Waals surface area contributed by atoms with Crippen LogP contribution in [0.1, 0.15) is 39.4 Å². The van der Waals surface area contributed by atoms with Crippen molar-refractivity contribution in [3.05, 3.63) is 11.9 Å². The Kier molecular flexibility index (Phi) is 5.79. The van der Waals surface area contributed by atoms with Crippen molar-refractivity contribution in [1.82, 2.24) is 15.3 Å². The minimum atomic E-state index is 0.571. The Morgan fingerprint density at radius 3 is 2.67 bits per heavy atom. The maximum Gasteiger partial charge on any atom is 0.218 e. The number of aryl methyl sites for hydroxylation is 1. The first-order chi connectivity index (χ1) is 10.1. The van der Waals surface area contributed by atoms with Gasteiger partial charge in [0.2, 0.25) is 5.88 Å². The summed E-state index contributed by atoms with van der Waals surface area (Å²) in [7, 11) is 0. The molecular weight excluding hydrogens is 264 g/mol. The van der Waals surface area contributed by atoms with Crippen molar-refractivity contribution >= 4 is 5.82 Å². The molecule has 21 heavy (non-hydrogen) atoms. The van der Waals surface area contributed by atoms with Crippen LogP contribution in [0, 0.1) is 12.8 Å². The van der Waals surface area contributed by atoms with E-state index in [4.69, 9.17) is 4.74 Å². The van der Waals surface area contributed by atoms with Crippen LogP contribution in [0.15, 0.2) is 6.07 Å². The topological polar surface area (TPSA) is 50.3 Å². The molecular formula is C16H28N4O. The smallest absolute Gasteiger partial charge is 0.218 e. The van der Waals surface area contributed by atoms with Gasteiger partial charge in [0.15, 0.2) is 0 Å². The molecule has 1 aliphatic heterocycles. The van der Waals surface area contributed by atoms with E-state index in [-0.39, 0.29) is 0 Å². The molecule has 0 radical (unpaired) electrons. The molecule has 1 aromatic rings. The molecule has 1 aromatic heterocycles. The van der Waals surface area contributed by atoms with Crippen molar-refractivity contribution in [3.63, 3.8) is 0 Å². The highest BCUT2D eigenvalue weighted by atomic mass is 16.5. The van der Waals surface area contributed by atoms with Crippen LogP contribution < -0.4 is 15.0 Å². The molecule has 0 saturated carbocycles. The number of rotatable bonds is 6. The van der Waals surface area contributed by atoms with Gasteiger partial charge in [-0.05, 0) is 39.2 Å². The fourth-order valence-electron chi connectivity index (χ4n) is 2.68. The Hall–Kier alpha value is -1.36. The Labute approximate surface area is 128 Å². The molecule has 5 nitrogen and oxygen atoms in total. The van der Waals surface area contributed by atoms with Crippen LogP contribution in [-0.4, -0.2) is 42.3 Å². The van der Waals surface area contributed by atoms with E-state index in [9.17, 15) is 0 Å². The lowest BCUT2D eigenvalue weighted by Crippen LogP contribution is -2.39. The molecule has 0 aromatic carbocycles. The third-order valence-electron chi connectivity index (χ3n) is 3.85. The van der Waals surface area contributed by atoms with E-state index in [0.717, 1.165) is 37.2 Å². The summed E-state index contributed by atoms with van der Waals surface area (Å²) in [6.07, 6.45) is 2.43. The number of hydrogen-bond acceptors (Lipinski definition) is 5. The van der Waals surface area contributed by atoms with Crippen molar-refractivity contribution in [2.45, 2.75) is 46.6 Å². The van der Waals surface area contributed by atoms with E-state index < -0.39 is 0 Å². The minimum Gasteiger partial charge on any atom is -0.478 e. The van der Waals surface area contributed by atoms with Crippen LogP contribution in [-0.2, 0) is 0 Å². The van der Waals surface area contributed by atoms with Crippen LogP contribution in [0.3, 0.4) is 0 Å². The molecule has 0 amide bonds. The van der Waals surface area contributed by atoms with Gasteiger partial charge in [0.25, 0.3) is 0 Å². The molecule has 2 heterocycles. The monoisotopic (exact) mass is 292 g/mol. The summed E-state index contributed by atoms with van der Waals surface area (Å²) in [5.74, 6) is 3.24. The molecule has 0 bridgehead atoms. The van der Waals surface area contributed by atoms with Crippen LogP contribution >= 0.6 is 0 Å². The third kappa shape index (κ3) is 4.84. The molecule has 118 valence electrons. The summed E-state index contributed by atoms with van der Waals surface area (Å²) in [6, 6.07) is 2.53. The maximum atomic E-state index is 5.52. The van der Waals surface area contributed by atoms with Gasteiger partial charge in [0.05, 0.1) is 6.61 Å². The number of nitrogens with one attached hydrogen (secondary N) is 1. The summed E-state index contributed by atoms with van der Waals surface area (Å²) in [5, 5.41) is 3.54. The lowest BCUT2D eigenvalue weighted by molar-refractivity contribution is 0.324. The van der Waals surface area contributed by atoms with Crippen molar-refractivity contribution < 1.29 is 4.74 Å². The lowest BCUT2D eigenvalue weighted by atomic mass is 9.96. The summed E-state index contributed by atoms with van der Waals surface area (Å²) < 4.78 is 5.52. The first-order valence-corrected chi connectivity index (χ1v) is 8.05. The number of nitrogens with zero attached hydrogens (tertiary/aromatic N) is 3. The zero-order valence-electron chi connectivity index (χ0n) is 13.7. The summed E-state index contributed by atoms with van der Waals surface area (Å²) in [4.78, 5) is 11.2. The van der Waals surface area contributed by atoms with Crippen LogP contribution in [0.25, 0.3) is 0 Å². The predicted molar refractivity (Wildman–Crippen MR) is 86.0 cm³/mol. The van der Waals surface area contributed by atoms with Gasteiger partial charge in [-0.15, -0.1) is 0 Å². The van der Waals surface area contributed by atoms with Gasteiger partial charge in [-0.1, -0.05) is 13.8 Å². The molecule has 1 saturated heterocycles. The molecule has 5 heteroatoms. The van der Waals surface area contributed by atoms with E-state index >= 15 is 0 Å². The second-order valence-corrected chi connectivity index (χ2v) is 6.04. The zero-order chi connectivity index (χ0) is 15.2. The predicted octanol–water partition coefficient (Wildman–Crippen LogP) is 2.40. The molecule has 1 N–H and O–H groups in total. The van der Waals surface area contributed by atoms with Crippen molar-refractivity contribution in [2.24, 2.45) is 5.92 Å². The first kappa shape index (κ1) is 16.0. The normalized spacial score (nSPS) is 16.5. The van der Waals surface area contributed by atoms with Crippen molar-refractivity contribution in [2.75, 3.05) is 31.1 Å². The average molecular weight is 292 g/mol. The van der Waals surface area contributed by atoms with Crippen LogP contribution in [0.4, 0.5) is 5.82 Å². The Balaban J connectivity index is 1.92. The molecule has 0 spiro atoms. The summed E-state index contributed by atoms with van der Waals surface area (Å²) >= 11 is 0. The van der Waals surface area contributed by atoms with Gasteiger partial charge in [-0.3, -0.25) is 0 Å². The number of aromatic nitrogens is 2. The van der Waals surface area contributed by atoms with E-state index in [2.05, 4.69) is 34.0 Å². The van der Waals surface area contributed by atoms with Crippen molar-refractivity contribution in [3.8, 4) is 5.88 Å². The van der Waals surface area contributed by atoms with E-state index in [0.29, 0.717) is 18.5 Å². The van der Waals surface area contributed by atoms with E-state index in [1.54, 1.807) is 0 Å². The largest absolute Gasteiger partial charge is 0.478 e. The highest BCUT2D eigenvalue weighted by Crippen LogP contribution is 2.24. The van der Waals surface area contributed by atoms with Gasteiger partial charge in [-0.2, -0.15) is 4.98 Å². The standard InChI is InChI=1S/C16H28N4O/c1-5-21-16-10-15(18-13(4)19-16)20-8-6-14(7-9-20)11-17-12(2)3/h10,12,14,17H,5-9,11H2,1-4H3. The molecule has 1 fully saturated rings. The summed E-state index contributed by atoms with van der Waals surface area (Å²) in [6.45, 7) is 12.2. The maximum absolute atomic E-state index is 5.52. The number of piperidine rings is 1. The molecule has 2 rings (SSSR count). The van der Waals surface area contributed by atoms with Gasteiger partial charge < -0.3 is 15.0 Å². The third-order valence-corrected chi connectivity index (χ3v) is 3.85. The fraction of sp³-hybridized carbons (Fsp3) is 0.750. The zero-order valence-corrected chi connectivity index (χ0v) is 13.7. The van der Waals surface area contributed by atoms with Gasteiger partial charge in [-0.25, -0.2) is 4.98 Å². The van der Waals surface area contributed by atoms with E-state index in [1.807, 2.05) is 19.9 Å². The highest BCUT2D eigenvalue weighted by Gasteiger charge is 2.21. The quantitative estimate of drug-likeness (QED) is 0.872. The highest BCUT2D eigenvalue weighted by molar-refractivity contribution is 5.42. The second-order valence-electron chi connectivity index (χ2n) is 6.04. The van der Waals surface area contributed by atoms with Gasteiger partial charge >= 0.3 is 0 Å². The first-order valence-electron chi connectivity index (χ1n) is 8.05. The number of ether oxygens (including phenoxy) is 1. The Bertz CT molecular complexity index is 442. The van der Waals surface area contributed by atoms with Gasteiger partial charge in [0, 0.05) is 25.2 Å². The van der Waals surface area contributed by atoms with Gasteiger partial charge in [0.1, 0.15) is 11.6 Å². The van der Waals surface area contributed by atoms with E-state index in [1.165, 1.54) is 12.8 Å². The summed E-state index contributed by atoms with van der Waals surface area (Å²) in [5.41, 5.74) is 0. The number of hydrogen-bond donors (Lipinski definition) is 1. The van der Waals surface area contributed by atoms with Crippen molar-refractivity contribution in [1.29, 1.82) is 0 Å². The minimum absolute atomic E-state index is 0.571. The molecule has 0 unspecified atom stereocenters. The molecule has 0 aliphatic carbocycles. The fourth-order valence-corrected chi connectivity index (χ4v) is 2.68. The SMILES string of the molecule is CCOc1cc(N2CCC(CNC(C)C)CC2)nc(C)n1. The Morgan fingerprint density at radius 1 is 1.33 bits per heavy atom. The number of anilines is 1. The molecule has 1 aliphatic rings.